The van der Waals surface area contributed by atoms with Gasteiger partial charge in [-0.1, -0.05) is 103 Å². The predicted octanol–water partition coefficient (Wildman–Crippen LogP) is 5.54. The highest BCUT2D eigenvalue weighted by atomic mass is 31.2. The summed E-state index contributed by atoms with van der Waals surface area (Å²) >= 11 is 0. The Balaban J connectivity index is 1.99. The van der Waals surface area contributed by atoms with Gasteiger partial charge in [-0.2, -0.15) is 0 Å². The highest BCUT2D eigenvalue weighted by Crippen LogP contribution is 2.46. The fraction of sp³-hybridized carbons (Fsp3) is 0.0400. The minimum atomic E-state index is -4.62. The molecule has 150 valence electrons. The normalized spacial score (nSPS) is 11.8. The Hall–Kier alpha value is -3.17. The van der Waals surface area contributed by atoms with Crippen LogP contribution in [0.1, 0.15) is 22.3 Å². The van der Waals surface area contributed by atoms with E-state index in [2.05, 4.69) is 36.4 Å². The van der Waals surface area contributed by atoms with Gasteiger partial charge in [0, 0.05) is 0 Å². The van der Waals surface area contributed by atoms with E-state index >= 15 is 0 Å². The Morgan fingerprint density at radius 2 is 0.867 bits per heavy atom. The zero-order valence-corrected chi connectivity index (χ0v) is 17.0. The summed E-state index contributed by atoms with van der Waals surface area (Å²) in [5.74, 6) is 0.121. The Morgan fingerprint density at radius 1 is 0.533 bits per heavy atom. The van der Waals surface area contributed by atoms with Crippen molar-refractivity contribution in [2.45, 2.75) is 5.41 Å². The van der Waals surface area contributed by atoms with Gasteiger partial charge in [-0.3, -0.25) is 9.79 Å². The van der Waals surface area contributed by atoms with E-state index in [0.717, 1.165) is 22.3 Å². The third-order valence-corrected chi connectivity index (χ3v) is 5.58. The lowest BCUT2D eigenvalue weighted by Crippen LogP contribution is -2.30. The van der Waals surface area contributed by atoms with Crippen molar-refractivity contribution in [1.29, 1.82) is 0 Å². The van der Waals surface area contributed by atoms with Gasteiger partial charge >= 0.3 is 7.82 Å². The molecule has 0 fully saturated rings. The molecule has 0 aliphatic carbocycles. The zero-order chi connectivity index (χ0) is 21.0. The predicted molar refractivity (Wildman–Crippen MR) is 117 cm³/mol. The van der Waals surface area contributed by atoms with Gasteiger partial charge in [0.1, 0.15) is 5.75 Å². The van der Waals surface area contributed by atoms with Gasteiger partial charge in [0.15, 0.2) is 0 Å². The van der Waals surface area contributed by atoms with Crippen LogP contribution < -0.4 is 4.52 Å². The number of benzene rings is 4. The first-order valence-electron chi connectivity index (χ1n) is 9.52. The molecule has 0 atom stereocenters. The van der Waals surface area contributed by atoms with Gasteiger partial charge in [0.25, 0.3) is 0 Å². The molecule has 0 heterocycles. The van der Waals surface area contributed by atoms with Gasteiger partial charge in [0.2, 0.25) is 0 Å². The number of phosphoric ester groups is 1. The summed E-state index contributed by atoms with van der Waals surface area (Å²) in [5.41, 5.74) is 3.62. The van der Waals surface area contributed by atoms with E-state index in [1.54, 1.807) is 12.1 Å². The van der Waals surface area contributed by atoms with Crippen molar-refractivity contribution >= 4 is 7.82 Å². The molecule has 0 aliphatic heterocycles. The molecule has 0 spiro atoms. The van der Waals surface area contributed by atoms with Crippen LogP contribution in [-0.2, 0) is 9.98 Å². The van der Waals surface area contributed by atoms with Crippen LogP contribution in [0.15, 0.2) is 115 Å². The third-order valence-electron chi connectivity index (χ3n) is 5.13. The van der Waals surface area contributed by atoms with Gasteiger partial charge in [-0.05, 0) is 34.4 Å². The molecule has 0 bridgehead atoms. The highest BCUT2D eigenvalue weighted by molar-refractivity contribution is 7.46. The maximum Gasteiger partial charge on any atom is 0.524 e. The molecule has 0 radical (unpaired) electrons. The lowest BCUT2D eigenvalue weighted by Gasteiger charge is -2.36. The SMILES string of the molecule is O=P(O)(O)Oc1ccc(C(c2ccccc2)(c2ccccc2)c2ccccc2)cc1. The Morgan fingerprint density at radius 3 is 1.20 bits per heavy atom. The second kappa shape index (κ2) is 8.29. The van der Waals surface area contributed by atoms with E-state index in [4.69, 9.17) is 14.3 Å². The summed E-state index contributed by atoms with van der Waals surface area (Å²) in [6.07, 6.45) is 0. The van der Waals surface area contributed by atoms with Crippen LogP contribution in [0.3, 0.4) is 0 Å². The van der Waals surface area contributed by atoms with Crippen LogP contribution in [0.2, 0.25) is 0 Å². The van der Waals surface area contributed by atoms with Crippen LogP contribution in [0.5, 0.6) is 5.75 Å². The van der Waals surface area contributed by atoms with Crippen molar-refractivity contribution in [3.8, 4) is 5.75 Å². The average Bonchev–Trinajstić information content (AvgIpc) is 2.77. The second-order valence-electron chi connectivity index (χ2n) is 6.95. The molecule has 0 saturated heterocycles. The molecule has 5 heteroatoms. The van der Waals surface area contributed by atoms with E-state index in [1.807, 2.05) is 66.7 Å². The number of hydrogen-bond donors (Lipinski definition) is 2. The molecule has 0 amide bonds. The monoisotopic (exact) mass is 416 g/mol. The first-order valence-corrected chi connectivity index (χ1v) is 11.1. The lowest BCUT2D eigenvalue weighted by molar-refractivity contribution is 0.283. The minimum Gasteiger partial charge on any atom is -0.404 e. The Kier molecular flexibility index (Phi) is 5.56. The van der Waals surface area contributed by atoms with E-state index in [-0.39, 0.29) is 5.75 Å². The molecule has 4 aromatic rings. The van der Waals surface area contributed by atoms with E-state index in [0.29, 0.717) is 0 Å². The van der Waals surface area contributed by atoms with Crippen molar-refractivity contribution < 1.29 is 18.9 Å². The zero-order valence-electron chi connectivity index (χ0n) is 16.1. The number of hydrogen-bond acceptors (Lipinski definition) is 2. The quantitative estimate of drug-likeness (QED) is 0.320. The maximum atomic E-state index is 11.2. The van der Waals surface area contributed by atoms with Gasteiger partial charge < -0.3 is 4.52 Å². The highest BCUT2D eigenvalue weighted by Gasteiger charge is 2.38. The van der Waals surface area contributed by atoms with Crippen molar-refractivity contribution in [1.82, 2.24) is 0 Å². The van der Waals surface area contributed by atoms with Crippen molar-refractivity contribution in [3.63, 3.8) is 0 Å². The van der Waals surface area contributed by atoms with Gasteiger partial charge in [0.05, 0.1) is 5.41 Å². The first-order chi connectivity index (χ1) is 14.5. The van der Waals surface area contributed by atoms with E-state index < -0.39 is 13.2 Å². The standard InChI is InChI=1S/C25H21O4P/c26-30(27,28)29-24-18-16-23(17-19-24)25(20-10-4-1-5-11-20,21-12-6-2-7-13-21)22-14-8-3-9-15-22/h1-19H,(H2,26,27,28). The third kappa shape index (κ3) is 3.94. The summed E-state index contributed by atoms with van der Waals surface area (Å²) in [5, 5.41) is 0. The summed E-state index contributed by atoms with van der Waals surface area (Å²) in [6, 6.07) is 37.5. The van der Waals surface area contributed by atoms with E-state index in [1.165, 1.54) is 0 Å². The van der Waals surface area contributed by atoms with Gasteiger partial charge in [-0.15, -0.1) is 0 Å². The molecule has 2 N–H and O–H groups in total. The topological polar surface area (TPSA) is 66.8 Å². The second-order valence-corrected chi connectivity index (χ2v) is 8.12. The molecule has 0 aromatic heterocycles. The number of rotatable bonds is 6. The molecule has 4 rings (SSSR count). The van der Waals surface area contributed by atoms with E-state index in [9.17, 15) is 4.57 Å². The van der Waals surface area contributed by atoms with Crippen molar-refractivity contribution in [2.24, 2.45) is 0 Å². The molecular weight excluding hydrogens is 395 g/mol. The van der Waals surface area contributed by atoms with Crippen molar-refractivity contribution in [2.75, 3.05) is 0 Å². The van der Waals surface area contributed by atoms with Crippen LogP contribution in [-0.4, -0.2) is 9.79 Å². The minimum absolute atomic E-state index is 0.121. The molecule has 0 unspecified atom stereocenters. The summed E-state index contributed by atoms with van der Waals surface area (Å²) in [6.45, 7) is 0. The van der Waals surface area contributed by atoms with Crippen LogP contribution in [0.25, 0.3) is 0 Å². The lowest BCUT2D eigenvalue weighted by atomic mass is 9.65. The summed E-state index contributed by atoms with van der Waals surface area (Å²) in [4.78, 5) is 18.2. The average molecular weight is 416 g/mol. The summed E-state index contributed by atoms with van der Waals surface area (Å²) < 4.78 is 16.0. The Labute approximate surface area is 175 Å². The van der Waals surface area contributed by atoms with Crippen LogP contribution in [0, 0.1) is 0 Å². The number of phosphoric acid groups is 1. The smallest absolute Gasteiger partial charge is 0.404 e. The largest absolute Gasteiger partial charge is 0.524 e. The molecular formula is C25H21O4P. The summed E-state index contributed by atoms with van der Waals surface area (Å²) in [7, 11) is -4.62. The molecule has 0 aliphatic rings. The molecule has 30 heavy (non-hydrogen) atoms. The fourth-order valence-corrected chi connectivity index (χ4v) is 4.36. The molecule has 0 saturated carbocycles. The fourth-order valence-electron chi connectivity index (χ4n) is 3.97. The first kappa shape index (κ1) is 20.1. The maximum absolute atomic E-state index is 11.2. The van der Waals surface area contributed by atoms with Crippen LogP contribution in [0.4, 0.5) is 0 Å². The van der Waals surface area contributed by atoms with Gasteiger partial charge in [-0.25, -0.2) is 4.57 Å². The Bertz CT molecular complexity index is 1040. The molecule has 4 nitrogen and oxygen atoms in total. The van der Waals surface area contributed by atoms with Crippen LogP contribution >= 0.6 is 7.82 Å². The molecule has 4 aromatic carbocycles. The van der Waals surface area contributed by atoms with Crippen molar-refractivity contribution in [3.05, 3.63) is 138 Å².